The molecule has 0 spiro atoms. The predicted molar refractivity (Wildman–Crippen MR) is 91.8 cm³/mol. The molecular weight excluding hydrogens is 290 g/mol. The Hall–Kier alpha value is -2.14. The molecule has 0 radical (unpaired) electrons. The number of nitrogens with one attached hydrogen (secondary N) is 1. The Morgan fingerprint density at radius 1 is 1.43 bits per heavy atom. The fourth-order valence-corrected chi connectivity index (χ4v) is 3.27. The van der Waals surface area contributed by atoms with E-state index in [-0.39, 0.29) is 5.91 Å². The van der Waals surface area contributed by atoms with Gasteiger partial charge >= 0.3 is 0 Å². The van der Waals surface area contributed by atoms with Crippen molar-refractivity contribution < 1.29 is 9.53 Å². The zero-order valence-corrected chi connectivity index (χ0v) is 13.7. The van der Waals surface area contributed by atoms with Gasteiger partial charge in [0.15, 0.2) is 0 Å². The van der Waals surface area contributed by atoms with Crippen LogP contribution in [0, 0.1) is 5.92 Å². The molecule has 23 heavy (non-hydrogen) atoms. The third kappa shape index (κ3) is 3.29. The van der Waals surface area contributed by atoms with Crippen molar-refractivity contribution in [1.29, 1.82) is 0 Å². The van der Waals surface area contributed by atoms with Crippen molar-refractivity contribution in [2.24, 2.45) is 5.92 Å². The molecule has 1 N–H and O–H groups in total. The molecule has 1 atom stereocenters. The van der Waals surface area contributed by atoms with Crippen LogP contribution in [0.2, 0.25) is 0 Å². The van der Waals surface area contributed by atoms with Crippen LogP contribution in [0.25, 0.3) is 10.9 Å². The normalized spacial score (nSPS) is 18.2. The highest BCUT2D eigenvalue weighted by Crippen LogP contribution is 2.25. The molecule has 1 saturated heterocycles. The van der Waals surface area contributed by atoms with Crippen molar-refractivity contribution in [2.75, 3.05) is 39.2 Å². The summed E-state index contributed by atoms with van der Waals surface area (Å²) >= 11 is 0. The number of para-hydroxylation sites is 1. The van der Waals surface area contributed by atoms with Crippen LogP contribution < -0.4 is 5.32 Å². The van der Waals surface area contributed by atoms with Gasteiger partial charge in [0.1, 0.15) is 5.82 Å². The second-order valence-electron chi connectivity index (χ2n) is 6.04. The summed E-state index contributed by atoms with van der Waals surface area (Å²) in [6.45, 7) is 2.28. The van der Waals surface area contributed by atoms with Gasteiger partial charge in [0.2, 0.25) is 0 Å². The van der Waals surface area contributed by atoms with Gasteiger partial charge in [-0.1, -0.05) is 18.2 Å². The molecule has 5 heteroatoms. The van der Waals surface area contributed by atoms with Gasteiger partial charge in [-0.25, -0.2) is 4.98 Å². The molecule has 1 aromatic carbocycles. The number of hydrogen-bond donors (Lipinski definition) is 1. The van der Waals surface area contributed by atoms with Crippen LogP contribution in [0.4, 0.5) is 5.82 Å². The Bertz CT molecular complexity index is 700. The van der Waals surface area contributed by atoms with Crippen molar-refractivity contribution in [3.63, 3.8) is 0 Å². The zero-order valence-electron chi connectivity index (χ0n) is 13.7. The number of likely N-dealkylation sites (tertiary alicyclic amines) is 1. The molecule has 0 unspecified atom stereocenters. The molecule has 1 aromatic heterocycles. The molecule has 1 amide bonds. The van der Waals surface area contributed by atoms with Crippen molar-refractivity contribution >= 4 is 22.6 Å². The van der Waals surface area contributed by atoms with Gasteiger partial charge in [0.05, 0.1) is 17.7 Å². The molecule has 2 heterocycles. The van der Waals surface area contributed by atoms with E-state index in [0.29, 0.717) is 12.5 Å². The topological polar surface area (TPSA) is 54.5 Å². The van der Waals surface area contributed by atoms with Crippen molar-refractivity contribution in [3.05, 3.63) is 35.9 Å². The number of hydrogen-bond acceptors (Lipinski definition) is 4. The first-order valence-corrected chi connectivity index (χ1v) is 8.08. The summed E-state index contributed by atoms with van der Waals surface area (Å²) in [6.07, 6.45) is 2.15. The fraction of sp³-hybridized carbons (Fsp3) is 0.444. The first-order chi connectivity index (χ1) is 11.2. The number of aromatic nitrogens is 1. The lowest BCUT2D eigenvalue weighted by atomic mass is 9.97. The first kappa shape index (κ1) is 15.7. The third-order valence-electron chi connectivity index (χ3n) is 4.41. The maximum Gasteiger partial charge on any atom is 0.254 e. The van der Waals surface area contributed by atoms with Gasteiger partial charge < -0.3 is 15.0 Å². The van der Waals surface area contributed by atoms with Crippen LogP contribution in [0.3, 0.4) is 0 Å². The minimum Gasteiger partial charge on any atom is -0.384 e. The predicted octanol–water partition coefficient (Wildman–Crippen LogP) is 2.78. The van der Waals surface area contributed by atoms with Crippen LogP contribution in [0.15, 0.2) is 30.3 Å². The number of piperidine rings is 1. The highest BCUT2D eigenvalue weighted by atomic mass is 16.5. The van der Waals surface area contributed by atoms with E-state index in [9.17, 15) is 4.79 Å². The highest BCUT2D eigenvalue weighted by molar-refractivity contribution is 6.07. The second-order valence-corrected chi connectivity index (χ2v) is 6.04. The van der Waals surface area contributed by atoms with Crippen LogP contribution in [-0.2, 0) is 4.74 Å². The summed E-state index contributed by atoms with van der Waals surface area (Å²) < 4.78 is 5.26. The number of fused-ring (bicyclic) bond motifs is 1. The van der Waals surface area contributed by atoms with Crippen molar-refractivity contribution in [2.45, 2.75) is 12.8 Å². The van der Waals surface area contributed by atoms with E-state index in [1.807, 2.05) is 42.3 Å². The van der Waals surface area contributed by atoms with Crippen molar-refractivity contribution in [3.8, 4) is 0 Å². The van der Waals surface area contributed by atoms with Gasteiger partial charge in [-0.15, -0.1) is 0 Å². The van der Waals surface area contributed by atoms with Gasteiger partial charge in [-0.05, 0) is 30.9 Å². The molecule has 2 aromatic rings. The third-order valence-corrected chi connectivity index (χ3v) is 4.41. The molecule has 0 saturated carbocycles. The lowest BCUT2D eigenvalue weighted by molar-refractivity contribution is 0.0572. The molecule has 1 fully saturated rings. The Morgan fingerprint density at radius 3 is 3.04 bits per heavy atom. The van der Waals surface area contributed by atoms with Crippen LogP contribution in [-0.4, -0.2) is 49.6 Å². The smallest absolute Gasteiger partial charge is 0.254 e. The fourth-order valence-electron chi connectivity index (χ4n) is 3.27. The number of rotatable bonds is 4. The van der Waals surface area contributed by atoms with Crippen LogP contribution >= 0.6 is 0 Å². The summed E-state index contributed by atoms with van der Waals surface area (Å²) in [4.78, 5) is 19.5. The quantitative estimate of drug-likeness (QED) is 0.943. The van der Waals surface area contributed by atoms with Crippen LogP contribution in [0.1, 0.15) is 23.2 Å². The minimum atomic E-state index is 0.0842. The second kappa shape index (κ2) is 6.96. The molecule has 0 aliphatic carbocycles. The number of carbonyl (C=O) groups is 1. The molecule has 5 nitrogen and oxygen atoms in total. The average molecular weight is 313 g/mol. The Kier molecular flexibility index (Phi) is 4.76. The highest BCUT2D eigenvalue weighted by Gasteiger charge is 2.25. The number of pyridine rings is 1. The number of anilines is 1. The zero-order chi connectivity index (χ0) is 16.2. The van der Waals surface area contributed by atoms with Crippen LogP contribution in [0.5, 0.6) is 0 Å². The van der Waals surface area contributed by atoms with E-state index in [1.165, 1.54) is 0 Å². The average Bonchev–Trinajstić information content (AvgIpc) is 2.60. The number of amides is 1. The number of ether oxygens (including phenoxy) is 1. The summed E-state index contributed by atoms with van der Waals surface area (Å²) in [5.74, 6) is 1.23. The summed E-state index contributed by atoms with van der Waals surface area (Å²) in [5.41, 5.74) is 1.56. The van der Waals surface area contributed by atoms with E-state index >= 15 is 0 Å². The Labute approximate surface area is 136 Å². The lowest BCUT2D eigenvalue weighted by Crippen LogP contribution is -2.41. The van der Waals surface area contributed by atoms with Gasteiger partial charge in [0, 0.05) is 32.6 Å². The lowest BCUT2D eigenvalue weighted by Gasteiger charge is -2.32. The van der Waals surface area contributed by atoms with E-state index < -0.39 is 0 Å². The molecule has 3 rings (SSSR count). The summed E-state index contributed by atoms with van der Waals surface area (Å²) in [5, 5.41) is 3.95. The largest absolute Gasteiger partial charge is 0.384 e. The monoisotopic (exact) mass is 313 g/mol. The standard InChI is InChI=1S/C18H23N3O2/c1-19-17-10-15(14-7-3-4-8-16(14)20-17)18(22)21-9-5-6-13(11-21)12-23-2/h3-4,7-8,10,13H,5-6,9,11-12H2,1-2H3,(H,19,20)/t13-/m0/s1. The van der Waals surface area contributed by atoms with Gasteiger partial charge in [-0.3, -0.25) is 4.79 Å². The van der Waals surface area contributed by atoms with E-state index in [1.54, 1.807) is 7.11 Å². The molecule has 1 aliphatic heterocycles. The Morgan fingerprint density at radius 2 is 2.26 bits per heavy atom. The maximum absolute atomic E-state index is 13.1. The number of nitrogens with zero attached hydrogens (tertiary/aromatic N) is 2. The minimum absolute atomic E-state index is 0.0842. The van der Waals surface area contributed by atoms with E-state index in [0.717, 1.165) is 48.2 Å². The molecule has 0 bridgehead atoms. The number of carbonyl (C=O) groups excluding carboxylic acids is 1. The number of benzene rings is 1. The van der Waals surface area contributed by atoms with Gasteiger partial charge in [-0.2, -0.15) is 0 Å². The van der Waals surface area contributed by atoms with E-state index in [2.05, 4.69) is 10.3 Å². The molecule has 122 valence electrons. The Balaban J connectivity index is 1.93. The van der Waals surface area contributed by atoms with Crippen molar-refractivity contribution in [1.82, 2.24) is 9.88 Å². The van der Waals surface area contributed by atoms with Gasteiger partial charge in [0.25, 0.3) is 5.91 Å². The maximum atomic E-state index is 13.1. The van der Waals surface area contributed by atoms with E-state index in [4.69, 9.17) is 4.74 Å². The molecular formula is C18H23N3O2. The first-order valence-electron chi connectivity index (χ1n) is 8.08. The SMILES string of the molecule is CNc1cc(C(=O)N2CCC[C@H](COC)C2)c2ccccc2n1. The number of methoxy groups -OCH3 is 1. The summed E-state index contributed by atoms with van der Waals surface area (Å²) in [6, 6.07) is 9.65. The summed E-state index contributed by atoms with van der Waals surface area (Å²) in [7, 11) is 3.54. The molecule has 1 aliphatic rings.